The summed E-state index contributed by atoms with van der Waals surface area (Å²) in [6.07, 6.45) is 1.08. The van der Waals surface area contributed by atoms with Gasteiger partial charge in [-0.05, 0) is 42.1 Å². The number of nitrogens with zero attached hydrogens (tertiary/aromatic N) is 3. The molecule has 1 aromatic carbocycles. The van der Waals surface area contributed by atoms with E-state index in [-0.39, 0.29) is 31.2 Å². The van der Waals surface area contributed by atoms with Gasteiger partial charge in [0.2, 0.25) is 5.91 Å². The Labute approximate surface area is 162 Å². The molecule has 1 saturated carbocycles. The molecular weight excluding hydrogens is 363 g/mol. The minimum Gasteiger partial charge on any atom is -0.460 e. The van der Waals surface area contributed by atoms with Crippen LogP contribution < -0.4 is 5.32 Å². The molecule has 2 aliphatic rings. The molecule has 0 spiro atoms. The van der Waals surface area contributed by atoms with Gasteiger partial charge in [0, 0.05) is 17.4 Å². The van der Waals surface area contributed by atoms with Crippen LogP contribution in [0.1, 0.15) is 24.8 Å². The zero-order chi connectivity index (χ0) is 20.1. The fourth-order valence-electron chi connectivity index (χ4n) is 4.51. The highest BCUT2D eigenvalue weighted by Gasteiger charge is 2.62. The van der Waals surface area contributed by atoms with Crippen molar-refractivity contribution in [2.45, 2.75) is 37.7 Å². The lowest BCUT2D eigenvalue weighted by atomic mass is 9.76. The summed E-state index contributed by atoms with van der Waals surface area (Å²) >= 11 is 0. The van der Waals surface area contributed by atoms with Gasteiger partial charge < -0.3 is 20.1 Å². The number of benzene rings is 1. The highest BCUT2D eigenvalue weighted by atomic mass is 16.5. The quantitative estimate of drug-likeness (QED) is 0.203. The second-order valence-electron chi connectivity index (χ2n) is 7.43. The maximum absolute atomic E-state index is 13.1. The molecule has 0 unspecified atom stereocenters. The first-order valence-electron chi connectivity index (χ1n) is 9.39. The van der Waals surface area contributed by atoms with Crippen molar-refractivity contribution in [1.82, 2.24) is 5.32 Å². The lowest BCUT2D eigenvalue weighted by Gasteiger charge is -2.31. The SMILES string of the molecule is [N-]=[N+]=N[C@@]1(C(=O)OCc2ccccc2)C[C@H]2CNC(=O)[C@H]2[C@@H]1CCCB(O)O. The fraction of sp³-hybridized carbons (Fsp3) is 0.556. The normalized spacial score (nSPS) is 28.2. The van der Waals surface area contributed by atoms with E-state index in [9.17, 15) is 9.59 Å². The fourth-order valence-corrected chi connectivity index (χ4v) is 4.51. The van der Waals surface area contributed by atoms with E-state index in [0.717, 1.165) is 5.56 Å². The third-order valence-electron chi connectivity index (χ3n) is 5.74. The Kier molecular flexibility index (Phi) is 6.23. The molecule has 0 aromatic heterocycles. The summed E-state index contributed by atoms with van der Waals surface area (Å²) < 4.78 is 5.49. The Bertz CT molecular complexity index is 770. The minimum absolute atomic E-state index is 0.0476. The van der Waals surface area contributed by atoms with Gasteiger partial charge in [0.05, 0.1) is 0 Å². The van der Waals surface area contributed by atoms with Crippen molar-refractivity contribution in [3.8, 4) is 0 Å². The topological polar surface area (TPSA) is 145 Å². The molecule has 10 heteroatoms. The van der Waals surface area contributed by atoms with Crippen molar-refractivity contribution >= 4 is 19.0 Å². The first kappa shape index (κ1) is 20.2. The van der Waals surface area contributed by atoms with E-state index in [2.05, 4.69) is 15.3 Å². The number of esters is 1. The van der Waals surface area contributed by atoms with Gasteiger partial charge in [0.15, 0.2) is 0 Å². The summed E-state index contributed by atoms with van der Waals surface area (Å²) in [5, 5.41) is 24.9. The van der Waals surface area contributed by atoms with Crippen LogP contribution in [-0.2, 0) is 20.9 Å². The van der Waals surface area contributed by atoms with E-state index in [1.165, 1.54) is 0 Å². The van der Waals surface area contributed by atoms with Crippen LogP contribution in [0.5, 0.6) is 0 Å². The smallest absolute Gasteiger partial charge is 0.451 e. The number of ether oxygens (including phenoxy) is 1. The van der Waals surface area contributed by atoms with Crippen LogP contribution in [0.2, 0.25) is 6.32 Å². The molecule has 4 atom stereocenters. The predicted molar refractivity (Wildman–Crippen MR) is 100 cm³/mol. The van der Waals surface area contributed by atoms with Gasteiger partial charge in [-0.1, -0.05) is 41.9 Å². The van der Waals surface area contributed by atoms with Gasteiger partial charge >= 0.3 is 13.1 Å². The van der Waals surface area contributed by atoms with Gasteiger partial charge in [0.1, 0.15) is 12.1 Å². The molecule has 1 heterocycles. The third kappa shape index (κ3) is 3.99. The summed E-state index contributed by atoms with van der Waals surface area (Å²) in [5.41, 5.74) is 8.50. The van der Waals surface area contributed by atoms with Crippen LogP contribution >= 0.6 is 0 Å². The molecule has 0 bridgehead atoms. The van der Waals surface area contributed by atoms with E-state index in [1.807, 2.05) is 30.3 Å². The van der Waals surface area contributed by atoms with Crippen molar-refractivity contribution in [2.24, 2.45) is 22.9 Å². The number of azide groups is 1. The highest BCUT2D eigenvalue weighted by Crippen LogP contribution is 2.51. The van der Waals surface area contributed by atoms with E-state index in [0.29, 0.717) is 19.4 Å². The second-order valence-corrected chi connectivity index (χ2v) is 7.43. The number of hydrogen-bond donors (Lipinski definition) is 3. The van der Waals surface area contributed by atoms with Gasteiger partial charge in [-0.15, -0.1) is 0 Å². The standard InChI is InChI=1S/C18H23BN4O5/c20-23-22-18(17(25)28-11-12-5-2-1-3-6-12)9-13-10-21-16(24)15(13)14(18)7-4-8-19(26)27/h1-3,5-6,13-15,26-27H,4,7-11H2,(H,21,24)/t13-,14-,15+,18-/m0/s1. The number of nitrogens with one attached hydrogen (secondary N) is 1. The number of amides is 1. The Morgan fingerprint density at radius 3 is 2.82 bits per heavy atom. The van der Waals surface area contributed by atoms with Crippen molar-refractivity contribution in [1.29, 1.82) is 0 Å². The Hall–Kier alpha value is -2.55. The first-order chi connectivity index (χ1) is 13.5. The van der Waals surface area contributed by atoms with E-state index in [1.54, 1.807) is 0 Å². The summed E-state index contributed by atoms with van der Waals surface area (Å²) in [6, 6.07) is 9.17. The van der Waals surface area contributed by atoms with E-state index >= 15 is 0 Å². The molecule has 1 amide bonds. The molecule has 148 valence electrons. The van der Waals surface area contributed by atoms with Gasteiger partial charge in [-0.2, -0.15) is 0 Å². The zero-order valence-corrected chi connectivity index (χ0v) is 15.4. The average molecular weight is 386 g/mol. The Morgan fingerprint density at radius 1 is 1.39 bits per heavy atom. The summed E-state index contributed by atoms with van der Waals surface area (Å²) in [7, 11) is -1.46. The number of carbonyl (C=O) groups is 2. The summed E-state index contributed by atoms with van der Waals surface area (Å²) in [5.74, 6) is -1.91. The summed E-state index contributed by atoms with van der Waals surface area (Å²) in [4.78, 5) is 28.3. The summed E-state index contributed by atoms with van der Waals surface area (Å²) in [6.45, 7) is 0.475. The largest absolute Gasteiger partial charge is 0.460 e. The van der Waals surface area contributed by atoms with Crippen LogP contribution in [0.4, 0.5) is 0 Å². The maximum atomic E-state index is 13.1. The number of fused-ring (bicyclic) bond motifs is 1. The number of hydrogen-bond acceptors (Lipinski definition) is 6. The predicted octanol–water partition coefficient (Wildman–Crippen LogP) is 1.41. The molecule has 0 radical (unpaired) electrons. The van der Waals surface area contributed by atoms with E-state index < -0.39 is 30.5 Å². The van der Waals surface area contributed by atoms with Gasteiger partial charge in [-0.25, -0.2) is 0 Å². The maximum Gasteiger partial charge on any atom is 0.451 e. The second kappa shape index (κ2) is 8.64. The molecule has 1 saturated heterocycles. The van der Waals surface area contributed by atoms with Crippen molar-refractivity contribution < 1.29 is 24.4 Å². The van der Waals surface area contributed by atoms with E-state index in [4.69, 9.17) is 20.3 Å². The molecule has 2 fully saturated rings. The van der Waals surface area contributed by atoms with Crippen molar-refractivity contribution in [2.75, 3.05) is 6.54 Å². The third-order valence-corrected chi connectivity index (χ3v) is 5.74. The zero-order valence-electron chi connectivity index (χ0n) is 15.4. The van der Waals surface area contributed by atoms with Crippen LogP contribution in [0.3, 0.4) is 0 Å². The molecule has 1 aliphatic heterocycles. The van der Waals surface area contributed by atoms with Crippen LogP contribution in [0.15, 0.2) is 35.4 Å². The van der Waals surface area contributed by atoms with Crippen LogP contribution in [0, 0.1) is 17.8 Å². The Balaban J connectivity index is 1.83. The molecular formula is C18H23BN4O5. The molecule has 1 aliphatic carbocycles. The highest BCUT2D eigenvalue weighted by molar-refractivity contribution is 6.40. The van der Waals surface area contributed by atoms with Crippen molar-refractivity contribution in [3.63, 3.8) is 0 Å². The molecule has 9 nitrogen and oxygen atoms in total. The molecule has 3 rings (SSSR count). The lowest BCUT2D eigenvalue weighted by Crippen LogP contribution is -2.45. The lowest BCUT2D eigenvalue weighted by molar-refractivity contribution is -0.153. The van der Waals surface area contributed by atoms with Crippen molar-refractivity contribution in [3.05, 3.63) is 46.3 Å². The molecule has 3 N–H and O–H groups in total. The number of rotatable bonds is 8. The molecule has 1 aromatic rings. The monoisotopic (exact) mass is 386 g/mol. The van der Waals surface area contributed by atoms with Gasteiger partial charge in [-0.3, -0.25) is 9.59 Å². The first-order valence-corrected chi connectivity index (χ1v) is 9.39. The Morgan fingerprint density at radius 2 is 2.14 bits per heavy atom. The molecule has 28 heavy (non-hydrogen) atoms. The minimum atomic E-state index is -1.46. The van der Waals surface area contributed by atoms with Crippen LogP contribution in [0.25, 0.3) is 10.4 Å². The van der Waals surface area contributed by atoms with Crippen LogP contribution in [-0.4, -0.2) is 41.1 Å². The average Bonchev–Trinajstić information content (AvgIpc) is 3.18. The van der Waals surface area contributed by atoms with Gasteiger partial charge in [0.25, 0.3) is 0 Å². The number of carbonyl (C=O) groups excluding carboxylic acids is 2.